The highest BCUT2D eigenvalue weighted by Crippen LogP contribution is 2.27. The zero-order chi connectivity index (χ0) is 7.72. The minimum atomic E-state index is 0.244. The van der Waals surface area contributed by atoms with E-state index in [0.29, 0.717) is 15.3 Å². The van der Waals surface area contributed by atoms with E-state index < -0.39 is 0 Å². The lowest BCUT2D eigenvalue weighted by Gasteiger charge is -1.99. The number of nitrogen functional groups attached to an aromatic ring is 2. The minimum Gasteiger partial charge on any atom is -0.384 e. The summed E-state index contributed by atoms with van der Waals surface area (Å²) in [6.07, 6.45) is 0. The molecule has 0 bridgehead atoms. The summed E-state index contributed by atoms with van der Waals surface area (Å²) in [5.41, 5.74) is 10.7. The van der Waals surface area contributed by atoms with Crippen LogP contribution in [0.4, 0.5) is 11.6 Å². The largest absolute Gasteiger partial charge is 0.384 e. The van der Waals surface area contributed by atoms with Crippen LogP contribution < -0.4 is 11.5 Å². The second-order valence-corrected chi connectivity index (χ2v) is 2.96. The molecule has 5 heteroatoms. The van der Waals surface area contributed by atoms with Gasteiger partial charge in [-0.05, 0) is 22.0 Å². The molecule has 54 valence electrons. The third-order valence-corrected chi connectivity index (χ3v) is 2.21. The van der Waals surface area contributed by atoms with E-state index in [9.17, 15) is 0 Å². The van der Waals surface area contributed by atoms with Gasteiger partial charge < -0.3 is 11.5 Å². The standard InChI is InChI=1S/C5H5BrClN3/c6-2-1-3(8)10-5(9)4(2)7/h1H,(H4,8,9,10). The van der Waals surface area contributed by atoms with Crippen molar-refractivity contribution in [2.75, 3.05) is 11.5 Å². The highest BCUT2D eigenvalue weighted by molar-refractivity contribution is 9.10. The maximum atomic E-state index is 5.66. The SMILES string of the molecule is Nc1cc(Br)c(Cl)c(N)n1. The summed E-state index contributed by atoms with van der Waals surface area (Å²) >= 11 is 8.82. The zero-order valence-electron chi connectivity index (χ0n) is 4.94. The minimum absolute atomic E-state index is 0.244. The summed E-state index contributed by atoms with van der Waals surface area (Å²) in [6, 6.07) is 1.60. The van der Waals surface area contributed by atoms with E-state index in [1.807, 2.05) is 0 Å². The molecule has 0 atom stereocenters. The molecular formula is C5H5BrClN3. The molecule has 0 aliphatic heterocycles. The molecule has 0 aliphatic rings. The Morgan fingerprint density at radius 3 is 2.60 bits per heavy atom. The van der Waals surface area contributed by atoms with E-state index in [2.05, 4.69) is 20.9 Å². The fraction of sp³-hybridized carbons (Fsp3) is 0. The quantitative estimate of drug-likeness (QED) is 0.702. The normalized spacial score (nSPS) is 9.80. The summed E-state index contributed by atoms with van der Waals surface area (Å²) in [5, 5.41) is 0.397. The Balaban J connectivity index is 3.31. The van der Waals surface area contributed by atoms with Crippen molar-refractivity contribution in [3.63, 3.8) is 0 Å². The lowest BCUT2D eigenvalue weighted by molar-refractivity contribution is 1.33. The van der Waals surface area contributed by atoms with Gasteiger partial charge in [0.1, 0.15) is 11.6 Å². The second kappa shape index (κ2) is 2.64. The molecule has 0 radical (unpaired) electrons. The Kier molecular flexibility index (Phi) is 2.01. The van der Waals surface area contributed by atoms with Gasteiger partial charge in [-0.3, -0.25) is 0 Å². The van der Waals surface area contributed by atoms with Crippen LogP contribution in [-0.2, 0) is 0 Å². The Morgan fingerprint density at radius 2 is 2.10 bits per heavy atom. The van der Waals surface area contributed by atoms with Gasteiger partial charge in [-0.15, -0.1) is 0 Å². The Bertz CT molecular complexity index is 240. The van der Waals surface area contributed by atoms with Gasteiger partial charge in [-0.2, -0.15) is 0 Å². The molecule has 10 heavy (non-hydrogen) atoms. The monoisotopic (exact) mass is 221 g/mol. The van der Waals surface area contributed by atoms with Gasteiger partial charge in [-0.25, -0.2) is 4.98 Å². The van der Waals surface area contributed by atoms with Crippen LogP contribution in [0.1, 0.15) is 0 Å². The highest BCUT2D eigenvalue weighted by Gasteiger charge is 2.02. The van der Waals surface area contributed by atoms with Crippen molar-refractivity contribution in [1.29, 1.82) is 0 Å². The van der Waals surface area contributed by atoms with E-state index in [1.54, 1.807) is 6.07 Å². The highest BCUT2D eigenvalue weighted by atomic mass is 79.9. The van der Waals surface area contributed by atoms with E-state index in [0.717, 1.165) is 0 Å². The van der Waals surface area contributed by atoms with Crippen molar-refractivity contribution in [1.82, 2.24) is 4.98 Å². The van der Waals surface area contributed by atoms with Crippen LogP contribution in [0.5, 0.6) is 0 Å². The van der Waals surface area contributed by atoms with Crippen molar-refractivity contribution < 1.29 is 0 Å². The number of hydrogen-bond donors (Lipinski definition) is 2. The van der Waals surface area contributed by atoms with Crippen molar-refractivity contribution in [2.24, 2.45) is 0 Å². The smallest absolute Gasteiger partial charge is 0.145 e. The summed E-state index contributed by atoms with van der Waals surface area (Å²) in [6.45, 7) is 0. The van der Waals surface area contributed by atoms with Gasteiger partial charge in [0.25, 0.3) is 0 Å². The molecule has 1 rings (SSSR count). The summed E-state index contributed by atoms with van der Waals surface area (Å²) in [4.78, 5) is 3.73. The van der Waals surface area contributed by atoms with Crippen LogP contribution in [0.15, 0.2) is 10.5 Å². The average Bonchev–Trinajstić information content (AvgIpc) is 1.82. The van der Waals surface area contributed by atoms with Gasteiger partial charge in [0.15, 0.2) is 0 Å². The number of hydrogen-bond acceptors (Lipinski definition) is 3. The van der Waals surface area contributed by atoms with Crippen LogP contribution >= 0.6 is 27.5 Å². The average molecular weight is 222 g/mol. The van der Waals surface area contributed by atoms with E-state index in [4.69, 9.17) is 23.1 Å². The molecule has 0 aliphatic carbocycles. The summed E-state index contributed by atoms with van der Waals surface area (Å²) in [5.74, 6) is 0.599. The first kappa shape index (κ1) is 7.63. The van der Waals surface area contributed by atoms with Crippen molar-refractivity contribution in [3.05, 3.63) is 15.6 Å². The first-order valence-corrected chi connectivity index (χ1v) is 3.65. The maximum absolute atomic E-state index is 5.66. The van der Waals surface area contributed by atoms with Crippen LogP contribution in [-0.4, -0.2) is 4.98 Å². The zero-order valence-corrected chi connectivity index (χ0v) is 7.28. The second-order valence-electron chi connectivity index (χ2n) is 1.73. The van der Waals surface area contributed by atoms with E-state index in [1.165, 1.54) is 0 Å². The molecule has 0 amide bonds. The van der Waals surface area contributed by atoms with Gasteiger partial charge in [0, 0.05) is 4.47 Å². The van der Waals surface area contributed by atoms with Crippen molar-refractivity contribution in [3.8, 4) is 0 Å². The molecule has 0 spiro atoms. The lowest BCUT2D eigenvalue weighted by Crippen LogP contribution is -1.96. The van der Waals surface area contributed by atoms with Gasteiger partial charge in [0.05, 0.1) is 5.02 Å². The Labute approximate surface area is 71.5 Å². The molecular weight excluding hydrogens is 217 g/mol. The number of aromatic nitrogens is 1. The van der Waals surface area contributed by atoms with Crippen LogP contribution in [0.25, 0.3) is 0 Å². The fourth-order valence-electron chi connectivity index (χ4n) is 0.536. The third kappa shape index (κ3) is 1.33. The predicted octanol–water partition coefficient (Wildman–Crippen LogP) is 1.66. The molecule has 3 nitrogen and oxygen atoms in total. The molecule has 0 saturated carbocycles. The van der Waals surface area contributed by atoms with Crippen LogP contribution in [0.3, 0.4) is 0 Å². The first-order valence-electron chi connectivity index (χ1n) is 2.48. The molecule has 4 N–H and O–H groups in total. The topological polar surface area (TPSA) is 64.9 Å². The first-order chi connectivity index (χ1) is 4.61. The molecule has 1 aromatic rings. The molecule has 0 unspecified atom stereocenters. The summed E-state index contributed by atoms with van der Waals surface area (Å²) < 4.78 is 0.666. The summed E-state index contributed by atoms with van der Waals surface area (Å²) in [7, 11) is 0. The van der Waals surface area contributed by atoms with Gasteiger partial charge in [0.2, 0.25) is 0 Å². The van der Waals surface area contributed by atoms with E-state index in [-0.39, 0.29) is 5.82 Å². The van der Waals surface area contributed by atoms with E-state index >= 15 is 0 Å². The molecule has 0 aromatic carbocycles. The number of anilines is 2. The maximum Gasteiger partial charge on any atom is 0.145 e. The number of pyridine rings is 1. The van der Waals surface area contributed by atoms with Crippen LogP contribution in [0, 0.1) is 0 Å². The number of nitrogens with two attached hydrogens (primary N) is 2. The number of rotatable bonds is 0. The molecule has 1 heterocycles. The third-order valence-electron chi connectivity index (χ3n) is 0.959. The fourth-order valence-corrected chi connectivity index (χ4v) is 1.07. The number of halogens is 2. The van der Waals surface area contributed by atoms with Gasteiger partial charge >= 0.3 is 0 Å². The van der Waals surface area contributed by atoms with Crippen LogP contribution in [0.2, 0.25) is 5.02 Å². The predicted molar refractivity (Wildman–Crippen MR) is 45.8 cm³/mol. The Morgan fingerprint density at radius 1 is 1.50 bits per heavy atom. The number of nitrogens with zero attached hydrogens (tertiary/aromatic N) is 1. The lowest BCUT2D eigenvalue weighted by atomic mass is 10.4. The molecule has 1 aromatic heterocycles. The van der Waals surface area contributed by atoms with Crippen molar-refractivity contribution in [2.45, 2.75) is 0 Å². The van der Waals surface area contributed by atoms with Crippen molar-refractivity contribution >= 4 is 39.2 Å². The molecule has 0 fully saturated rings. The Hall–Kier alpha value is -0.480. The molecule has 0 saturated heterocycles. The van der Waals surface area contributed by atoms with Gasteiger partial charge in [-0.1, -0.05) is 11.6 Å².